The van der Waals surface area contributed by atoms with Crippen molar-refractivity contribution in [3.63, 3.8) is 0 Å². The summed E-state index contributed by atoms with van der Waals surface area (Å²) in [6, 6.07) is 9.51. The number of rotatable bonds is 9. The number of carbonyl (C=O) groups is 2. The highest BCUT2D eigenvalue weighted by molar-refractivity contribution is 6.17. The average molecular weight is 364 g/mol. The maximum absolute atomic E-state index is 12.5. The summed E-state index contributed by atoms with van der Waals surface area (Å²) in [6.45, 7) is 3.30. The van der Waals surface area contributed by atoms with Gasteiger partial charge in [-0.1, -0.05) is 53.6 Å². The highest BCUT2D eigenvalue weighted by atomic mass is 35.5. The van der Waals surface area contributed by atoms with Crippen molar-refractivity contribution in [3.8, 4) is 0 Å². The van der Waals surface area contributed by atoms with Crippen LogP contribution >= 0.6 is 11.6 Å². The molecule has 1 atom stereocenters. The minimum absolute atomic E-state index is 0.137. The Morgan fingerprint density at radius 1 is 1.20 bits per heavy atom. The minimum Gasteiger partial charge on any atom is -0.449 e. The largest absolute Gasteiger partial charge is 0.449 e. The van der Waals surface area contributed by atoms with E-state index in [1.165, 1.54) is 18.4 Å². The van der Waals surface area contributed by atoms with Crippen LogP contribution in [0.15, 0.2) is 42.0 Å². The van der Waals surface area contributed by atoms with Crippen LogP contribution in [0.4, 0.5) is 0 Å². The van der Waals surface area contributed by atoms with Gasteiger partial charge in [-0.15, -0.1) is 0 Å². The number of ketones is 1. The van der Waals surface area contributed by atoms with Crippen LogP contribution in [-0.4, -0.2) is 35.3 Å². The van der Waals surface area contributed by atoms with Gasteiger partial charge in [0.15, 0.2) is 11.8 Å². The van der Waals surface area contributed by atoms with Crippen LogP contribution in [-0.2, 0) is 20.9 Å². The van der Waals surface area contributed by atoms with E-state index in [1.807, 2.05) is 25.1 Å². The van der Waals surface area contributed by atoms with Gasteiger partial charge in [0.25, 0.3) is 0 Å². The van der Waals surface area contributed by atoms with Gasteiger partial charge in [-0.3, -0.25) is 14.5 Å². The number of hydrogen-bond donors (Lipinski definition) is 0. The molecular formula is C20H26ClNO3. The normalized spacial score (nSPS) is 15.6. The first-order chi connectivity index (χ1) is 12.1. The van der Waals surface area contributed by atoms with Gasteiger partial charge in [0, 0.05) is 13.1 Å². The van der Waals surface area contributed by atoms with Crippen molar-refractivity contribution >= 4 is 23.4 Å². The van der Waals surface area contributed by atoms with Crippen molar-refractivity contribution in [3.05, 3.63) is 47.5 Å². The highest BCUT2D eigenvalue weighted by Crippen LogP contribution is 2.21. The first kappa shape index (κ1) is 19.7. The van der Waals surface area contributed by atoms with Crippen LogP contribution in [0.3, 0.4) is 0 Å². The number of Topliss-reactive ketones (excluding diaryl/α,β-unsaturated/α-hetero) is 1. The van der Waals surface area contributed by atoms with Crippen LogP contribution in [0, 0.1) is 0 Å². The zero-order valence-electron chi connectivity index (χ0n) is 14.7. The Morgan fingerprint density at radius 3 is 2.60 bits per heavy atom. The second kappa shape index (κ2) is 10.4. The van der Waals surface area contributed by atoms with Crippen LogP contribution in [0.25, 0.3) is 0 Å². The molecule has 1 aromatic carbocycles. The van der Waals surface area contributed by atoms with E-state index < -0.39 is 5.97 Å². The van der Waals surface area contributed by atoms with Crippen molar-refractivity contribution in [2.24, 2.45) is 0 Å². The lowest BCUT2D eigenvalue weighted by molar-refractivity contribution is -0.145. The second-order valence-electron chi connectivity index (χ2n) is 6.44. The van der Waals surface area contributed by atoms with Crippen LogP contribution in [0.5, 0.6) is 0 Å². The molecular weight excluding hydrogens is 338 g/mol. The van der Waals surface area contributed by atoms with Gasteiger partial charge in [-0.2, -0.15) is 0 Å². The van der Waals surface area contributed by atoms with E-state index in [4.69, 9.17) is 11.6 Å². The third-order valence-corrected chi connectivity index (χ3v) is 4.68. The molecule has 0 N–H and O–H groups in total. The maximum atomic E-state index is 12.5. The van der Waals surface area contributed by atoms with E-state index >= 15 is 0 Å². The van der Waals surface area contributed by atoms with E-state index in [9.17, 15) is 9.59 Å². The Morgan fingerprint density at radius 2 is 1.96 bits per heavy atom. The van der Waals surface area contributed by atoms with E-state index in [-0.39, 0.29) is 24.3 Å². The number of hydrogen-bond acceptors (Lipinski definition) is 4. The first-order valence-electron chi connectivity index (χ1n) is 8.80. The SMILES string of the molecule is CC(C(=O)CC(=O)OCCl)N(CC1=CCCCC1)Cc1ccccc1. The average Bonchev–Trinajstić information content (AvgIpc) is 2.62. The molecule has 0 aromatic heterocycles. The minimum atomic E-state index is -0.566. The fraction of sp³-hybridized carbons (Fsp3) is 0.500. The molecule has 1 aromatic rings. The van der Waals surface area contributed by atoms with Gasteiger partial charge in [0.05, 0.1) is 6.04 Å². The Hall–Kier alpha value is -1.65. The number of benzene rings is 1. The molecule has 1 unspecified atom stereocenters. The molecule has 4 nitrogen and oxygen atoms in total. The summed E-state index contributed by atoms with van der Waals surface area (Å²) in [7, 11) is 0. The lowest BCUT2D eigenvalue weighted by Crippen LogP contribution is -2.40. The van der Waals surface area contributed by atoms with Gasteiger partial charge < -0.3 is 4.74 Å². The number of allylic oxidation sites excluding steroid dienone is 1. The molecule has 1 aliphatic rings. The number of esters is 1. The number of halogens is 1. The molecule has 5 heteroatoms. The molecule has 0 spiro atoms. The maximum Gasteiger partial charge on any atom is 0.314 e. The smallest absolute Gasteiger partial charge is 0.314 e. The summed E-state index contributed by atoms with van der Waals surface area (Å²) in [5, 5.41) is 0. The summed E-state index contributed by atoms with van der Waals surface area (Å²) < 4.78 is 4.69. The number of nitrogens with zero attached hydrogens (tertiary/aromatic N) is 1. The molecule has 25 heavy (non-hydrogen) atoms. The second-order valence-corrected chi connectivity index (χ2v) is 6.66. The van der Waals surface area contributed by atoms with Crippen molar-refractivity contribution in [2.45, 2.75) is 51.6 Å². The van der Waals surface area contributed by atoms with E-state index in [1.54, 1.807) is 0 Å². The number of alkyl halides is 1. The van der Waals surface area contributed by atoms with E-state index in [2.05, 4.69) is 27.8 Å². The fourth-order valence-electron chi connectivity index (χ4n) is 3.06. The van der Waals surface area contributed by atoms with Gasteiger partial charge in [0.2, 0.25) is 0 Å². The van der Waals surface area contributed by atoms with Crippen LogP contribution in [0.1, 0.15) is 44.6 Å². The Kier molecular flexibility index (Phi) is 8.16. The van der Waals surface area contributed by atoms with Gasteiger partial charge in [-0.25, -0.2) is 0 Å². The lowest BCUT2D eigenvalue weighted by atomic mass is 9.98. The van der Waals surface area contributed by atoms with Crippen molar-refractivity contribution in [2.75, 3.05) is 12.6 Å². The lowest BCUT2D eigenvalue weighted by Gasteiger charge is -2.30. The van der Waals surface area contributed by atoms with Gasteiger partial charge >= 0.3 is 5.97 Å². The van der Waals surface area contributed by atoms with Crippen molar-refractivity contribution in [1.29, 1.82) is 0 Å². The Bertz CT molecular complexity index is 600. The van der Waals surface area contributed by atoms with E-state index in [0.717, 1.165) is 24.9 Å². The molecule has 0 saturated carbocycles. The monoisotopic (exact) mass is 363 g/mol. The summed E-state index contributed by atoms with van der Waals surface area (Å²) in [6.07, 6.45) is 6.69. The molecule has 2 rings (SSSR count). The zero-order chi connectivity index (χ0) is 18.1. The molecule has 0 saturated heterocycles. The molecule has 0 bridgehead atoms. The molecule has 0 amide bonds. The standard InChI is InChI=1S/C20H26ClNO3/c1-16(19(23)12-20(24)25-15-21)22(13-17-8-4-2-5-9-17)14-18-10-6-3-7-11-18/h2,4-5,8-10,16H,3,6-7,11-15H2,1H3. The molecule has 0 aliphatic heterocycles. The first-order valence-corrected chi connectivity index (χ1v) is 9.33. The third kappa shape index (κ3) is 6.63. The summed E-state index contributed by atoms with van der Waals surface area (Å²) in [4.78, 5) is 26.2. The van der Waals surface area contributed by atoms with Gasteiger partial charge in [-0.05, 0) is 38.2 Å². The summed E-state index contributed by atoms with van der Waals surface area (Å²) >= 11 is 5.39. The van der Waals surface area contributed by atoms with Crippen LogP contribution in [0.2, 0.25) is 0 Å². The molecule has 0 radical (unpaired) electrons. The zero-order valence-corrected chi connectivity index (χ0v) is 15.5. The van der Waals surface area contributed by atoms with Crippen LogP contribution < -0.4 is 0 Å². The predicted octanol–water partition coefficient (Wildman–Crippen LogP) is 4.08. The topological polar surface area (TPSA) is 46.6 Å². The van der Waals surface area contributed by atoms with Gasteiger partial charge in [0.1, 0.15) is 6.42 Å². The summed E-state index contributed by atoms with van der Waals surface area (Å²) in [5.41, 5.74) is 2.53. The molecule has 136 valence electrons. The summed E-state index contributed by atoms with van der Waals surface area (Å²) in [5.74, 6) is -0.703. The quantitative estimate of drug-likeness (QED) is 0.287. The van der Waals surface area contributed by atoms with Crippen molar-refractivity contribution < 1.29 is 14.3 Å². The number of ether oxygens (including phenoxy) is 1. The highest BCUT2D eigenvalue weighted by Gasteiger charge is 2.25. The number of carbonyl (C=O) groups excluding carboxylic acids is 2. The fourth-order valence-corrected chi connectivity index (χ4v) is 3.18. The predicted molar refractivity (Wildman–Crippen MR) is 99.3 cm³/mol. The third-order valence-electron chi connectivity index (χ3n) is 4.57. The Balaban J connectivity index is 2.07. The Labute approximate surface area is 154 Å². The molecule has 0 heterocycles. The van der Waals surface area contributed by atoms with E-state index in [0.29, 0.717) is 6.54 Å². The molecule has 0 fully saturated rings. The molecule has 1 aliphatic carbocycles. The van der Waals surface area contributed by atoms with Crippen molar-refractivity contribution in [1.82, 2.24) is 4.90 Å².